The molecule has 2 amide bonds. The Labute approximate surface area is 207 Å². The third kappa shape index (κ3) is 4.05. The third-order valence-electron chi connectivity index (χ3n) is 7.69. The van der Waals surface area contributed by atoms with Crippen LogP contribution >= 0.6 is 0 Å². The van der Waals surface area contributed by atoms with Crippen LogP contribution in [0.5, 0.6) is 0 Å². The van der Waals surface area contributed by atoms with Gasteiger partial charge in [-0.25, -0.2) is 4.39 Å². The van der Waals surface area contributed by atoms with Crippen molar-refractivity contribution in [1.82, 2.24) is 30.2 Å². The summed E-state index contributed by atoms with van der Waals surface area (Å²) in [7, 11) is 0. The summed E-state index contributed by atoms with van der Waals surface area (Å²) in [4.78, 5) is 27.8. The van der Waals surface area contributed by atoms with E-state index in [0.29, 0.717) is 17.5 Å². The van der Waals surface area contributed by atoms with Crippen molar-refractivity contribution in [3.8, 4) is 11.1 Å². The first-order valence-electron chi connectivity index (χ1n) is 12.4. The Morgan fingerprint density at radius 1 is 1.14 bits per heavy atom. The van der Waals surface area contributed by atoms with Gasteiger partial charge >= 0.3 is 0 Å². The molecule has 3 N–H and O–H groups in total. The molecule has 4 atom stereocenters. The highest BCUT2D eigenvalue weighted by molar-refractivity contribution is 5.91. The number of aromatic nitrogens is 4. The summed E-state index contributed by atoms with van der Waals surface area (Å²) in [6, 6.07) is 6.82. The topological polar surface area (TPSA) is 119 Å². The van der Waals surface area contributed by atoms with Crippen molar-refractivity contribution in [2.24, 2.45) is 17.6 Å². The lowest BCUT2D eigenvalue weighted by Gasteiger charge is -2.25. The zero-order chi connectivity index (χ0) is 24.8. The maximum absolute atomic E-state index is 14.4. The number of alkyl halides is 1. The molecule has 9 nitrogen and oxygen atoms in total. The molecule has 3 aromatic rings. The molecule has 3 aliphatic rings. The molecule has 36 heavy (non-hydrogen) atoms. The predicted molar refractivity (Wildman–Crippen MR) is 131 cm³/mol. The molecule has 186 valence electrons. The van der Waals surface area contributed by atoms with Crippen molar-refractivity contribution in [3.05, 3.63) is 54.1 Å². The third-order valence-corrected chi connectivity index (χ3v) is 7.69. The number of benzene rings is 1. The number of hydrogen-bond donors (Lipinski definition) is 2. The van der Waals surface area contributed by atoms with E-state index in [1.54, 1.807) is 17.1 Å². The number of halogens is 1. The van der Waals surface area contributed by atoms with Crippen molar-refractivity contribution in [1.29, 1.82) is 0 Å². The lowest BCUT2D eigenvalue weighted by molar-refractivity contribution is -0.138. The largest absolute Gasteiger partial charge is 0.328 e. The maximum Gasteiger partial charge on any atom is 0.247 e. The summed E-state index contributed by atoms with van der Waals surface area (Å²) in [6.07, 6.45) is 7.51. The van der Waals surface area contributed by atoms with Gasteiger partial charge in [0.15, 0.2) is 0 Å². The van der Waals surface area contributed by atoms with Crippen molar-refractivity contribution >= 4 is 22.7 Å². The van der Waals surface area contributed by atoms with E-state index in [0.717, 1.165) is 47.0 Å². The van der Waals surface area contributed by atoms with Crippen LogP contribution in [-0.2, 0) is 22.7 Å². The smallest absolute Gasteiger partial charge is 0.247 e. The molecule has 10 heteroatoms. The first-order valence-corrected chi connectivity index (χ1v) is 12.4. The van der Waals surface area contributed by atoms with Crippen molar-refractivity contribution in [2.45, 2.75) is 51.0 Å². The van der Waals surface area contributed by atoms with Crippen LogP contribution < -0.4 is 11.1 Å². The van der Waals surface area contributed by atoms with E-state index in [2.05, 4.69) is 26.7 Å². The number of nitrogens with one attached hydrogen (secondary N) is 1. The Kier molecular flexibility index (Phi) is 5.75. The average Bonchev–Trinajstić information content (AvgIpc) is 3.67. The molecule has 1 saturated carbocycles. The molecule has 6 rings (SSSR count). The van der Waals surface area contributed by atoms with Crippen molar-refractivity contribution < 1.29 is 14.0 Å². The molecule has 4 unspecified atom stereocenters. The van der Waals surface area contributed by atoms with Gasteiger partial charge in [-0.1, -0.05) is 12.1 Å². The van der Waals surface area contributed by atoms with E-state index in [1.807, 2.05) is 24.3 Å². The monoisotopic (exact) mass is 489 g/mol. The Bertz CT molecular complexity index is 1360. The van der Waals surface area contributed by atoms with Crippen LogP contribution in [0.3, 0.4) is 0 Å². The molecule has 3 heterocycles. The number of carbonyl (C=O) groups is 2. The van der Waals surface area contributed by atoms with Gasteiger partial charge in [0.05, 0.1) is 30.1 Å². The van der Waals surface area contributed by atoms with Gasteiger partial charge < -0.3 is 16.0 Å². The fourth-order valence-electron chi connectivity index (χ4n) is 5.90. The number of carbonyl (C=O) groups excluding carboxylic acids is 2. The summed E-state index contributed by atoms with van der Waals surface area (Å²) >= 11 is 0. The van der Waals surface area contributed by atoms with E-state index >= 15 is 0 Å². The van der Waals surface area contributed by atoms with Crippen LogP contribution in [0.1, 0.15) is 31.4 Å². The number of fused-ring (bicyclic) bond motifs is 3. The maximum atomic E-state index is 14.4. The Morgan fingerprint density at radius 2 is 2.03 bits per heavy atom. The summed E-state index contributed by atoms with van der Waals surface area (Å²) in [5.41, 5.74) is 10.1. The van der Waals surface area contributed by atoms with Gasteiger partial charge in [0.25, 0.3) is 0 Å². The first-order chi connectivity index (χ1) is 17.5. The zero-order valence-electron chi connectivity index (χ0n) is 19.8. The molecule has 1 aromatic carbocycles. The molecule has 1 saturated heterocycles. The molecular weight excluding hydrogens is 461 g/mol. The molecule has 2 bridgehead atoms. The second-order valence-electron chi connectivity index (χ2n) is 9.95. The average molecular weight is 490 g/mol. The summed E-state index contributed by atoms with van der Waals surface area (Å²) < 4.78 is 16.0. The number of amides is 2. The number of hydrogen-bond acceptors (Lipinski definition) is 6. The van der Waals surface area contributed by atoms with E-state index in [9.17, 15) is 14.0 Å². The molecule has 2 aliphatic carbocycles. The Balaban J connectivity index is 1.22. The number of nitrogens with two attached hydrogens (primary N) is 1. The van der Waals surface area contributed by atoms with E-state index in [1.165, 1.54) is 4.90 Å². The van der Waals surface area contributed by atoms with Crippen LogP contribution in [-0.4, -0.2) is 55.5 Å². The van der Waals surface area contributed by atoms with Gasteiger partial charge in [0, 0.05) is 29.6 Å². The minimum Gasteiger partial charge on any atom is -0.328 e. The van der Waals surface area contributed by atoms with Gasteiger partial charge in [-0.2, -0.15) is 15.3 Å². The minimum atomic E-state index is -1.23. The number of likely N-dealkylation sites (tertiary alicyclic amines) is 1. The van der Waals surface area contributed by atoms with Crippen LogP contribution in [0.2, 0.25) is 0 Å². The number of allylic oxidation sites excluding steroid dienone is 2. The molecule has 2 fully saturated rings. The first kappa shape index (κ1) is 22.8. The van der Waals surface area contributed by atoms with E-state index in [4.69, 9.17) is 5.73 Å². The van der Waals surface area contributed by atoms with Crippen molar-refractivity contribution in [2.75, 3.05) is 6.54 Å². The highest BCUT2D eigenvalue weighted by atomic mass is 19.1. The normalized spacial score (nSPS) is 24.9. The fraction of sp³-hybridized carbons (Fsp3) is 0.423. The molecule has 0 radical (unpaired) electrons. The molecular formula is C26H28FN7O2. The standard InChI is InChI=1S/C26H28FN7O2/c27-19-10-24(26(36)31-21-8-15-1-2-17(21)7-15)33(13-19)25(35)14-34-23-4-3-16(18-5-6-29-30-12-18)9-20(23)22(11-28)32-34/h3-6,8-9,12,15,17,19,24H,1-2,7,10-11,13-14,28H2,(H,31,36). The van der Waals surface area contributed by atoms with E-state index in [-0.39, 0.29) is 37.9 Å². The summed E-state index contributed by atoms with van der Waals surface area (Å²) in [5.74, 6) is 0.266. The summed E-state index contributed by atoms with van der Waals surface area (Å²) in [5, 5.41) is 16.1. The van der Waals surface area contributed by atoms with E-state index < -0.39 is 12.2 Å². The second-order valence-corrected chi connectivity index (χ2v) is 9.95. The Morgan fingerprint density at radius 3 is 2.75 bits per heavy atom. The van der Waals surface area contributed by atoms with Crippen LogP contribution in [0.4, 0.5) is 4.39 Å². The minimum absolute atomic E-state index is 0.0101. The highest BCUT2D eigenvalue weighted by Gasteiger charge is 2.41. The number of nitrogens with zero attached hydrogens (tertiary/aromatic N) is 5. The Hall–Kier alpha value is -3.66. The fourth-order valence-corrected chi connectivity index (χ4v) is 5.90. The SMILES string of the molecule is NCc1nn(CC(=O)N2CC(F)CC2C(=O)NC2=CC3CCC2C3)c2ccc(-c3ccnnc3)cc12. The van der Waals surface area contributed by atoms with Crippen LogP contribution in [0, 0.1) is 11.8 Å². The zero-order valence-corrected chi connectivity index (χ0v) is 19.8. The van der Waals surface area contributed by atoms with Gasteiger partial charge in [-0.05, 0) is 54.9 Å². The molecule has 1 aliphatic heterocycles. The predicted octanol–water partition coefficient (Wildman–Crippen LogP) is 2.32. The number of rotatable bonds is 6. The van der Waals surface area contributed by atoms with Gasteiger partial charge in [0.1, 0.15) is 18.8 Å². The van der Waals surface area contributed by atoms with Gasteiger partial charge in [-0.15, -0.1) is 0 Å². The molecule has 2 aromatic heterocycles. The molecule has 0 spiro atoms. The highest BCUT2D eigenvalue weighted by Crippen LogP contribution is 2.42. The lowest BCUT2D eigenvalue weighted by atomic mass is 10.0. The second kappa shape index (κ2) is 9.09. The van der Waals surface area contributed by atoms with Gasteiger partial charge in [-0.3, -0.25) is 14.3 Å². The van der Waals surface area contributed by atoms with Gasteiger partial charge in [0.2, 0.25) is 11.8 Å². The van der Waals surface area contributed by atoms with Crippen LogP contribution in [0.15, 0.2) is 48.4 Å². The van der Waals surface area contributed by atoms with Crippen molar-refractivity contribution in [3.63, 3.8) is 0 Å². The quantitative estimate of drug-likeness (QED) is 0.549. The lowest BCUT2D eigenvalue weighted by Crippen LogP contribution is -2.47. The summed E-state index contributed by atoms with van der Waals surface area (Å²) in [6.45, 7) is 0.00895. The van der Waals surface area contributed by atoms with Crippen LogP contribution in [0.25, 0.3) is 22.0 Å².